The smallest absolute Gasteiger partial charge is 0.295 e. The fourth-order valence-corrected chi connectivity index (χ4v) is 3.74. The summed E-state index contributed by atoms with van der Waals surface area (Å²) in [5.74, 6) is -1.21. The summed E-state index contributed by atoms with van der Waals surface area (Å²) in [5, 5.41) is 3.77. The van der Waals surface area contributed by atoms with E-state index in [1.54, 1.807) is 4.90 Å². The number of ketones is 1. The summed E-state index contributed by atoms with van der Waals surface area (Å²) in [6, 6.07) is 7.80. The van der Waals surface area contributed by atoms with Crippen molar-refractivity contribution in [2.24, 2.45) is 5.92 Å². The Balaban J connectivity index is 1.51. The van der Waals surface area contributed by atoms with Gasteiger partial charge in [0.05, 0.1) is 11.5 Å². The molecule has 2 amide bonds. The molecule has 4 rings (SSSR count). The van der Waals surface area contributed by atoms with Crippen LogP contribution in [0.4, 0.5) is 0 Å². The SMILES string of the molecule is Cc1[nH]c2ccccc2c1C(=O)C(=O)N1CCC[C@H](C(=O)NC2CC2)C1. The maximum Gasteiger partial charge on any atom is 0.295 e. The molecule has 1 aromatic heterocycles. The van der Waals surface area contributed by atoms with E-state index in [0.29, 0.717) is 30.4 Å². The third kappa shape index (κ3) is 3.11. The summed E-state index contributed by atoms with van der Waals surface area (Å²) >= 11 is 0. The molecule has 2 aliphatic rings. The van der Waals surface area contributed by atoms with Gasteiger partial charge in [-0.15, -0.1) is 0 Å². The molecule has 1 saturated heterocycles. The number of hydrogen-bond acceptors (Lipinski definition) is 3. The Morgan fingerprint density at radius 2 is 1.92 bits per heavy atom. The summed E-state index contributed by atoms with van der Waals surface area (Å²) in [6.07, 6.45) is 3.59. The van der Waals surface area contributed by atoms with Gasteiger partial charge >= 0.3 is 0 Å². The standard InChI is InChI=1S/C20H23N3O3/c1-12-17(15-6-2-3-7-16(15)21-12)18(24)20(26)23-10-4-5-13(11-23)19(25)22-14-8-9-14/h2-3,6-7,13-14,21H,4-5,8-11H2,1H3,(H,22,25)/t13-/m0/s1. The van der Waals surface area contributed by atoms with Crippen LogP contribution in [0.1, 0.15) is 41.7 Å². The maximum absolute atomic E-state index is 12.9. The van der Waals surface area contributed by atoms with Crippen molar-refractivity contribution >= 4 is 28.5 Å². The van der Waals surface area contributed by atoms with E-state index in [4.69, 9.17) is 0 Å². The first-order valence-electron chi connectivity index (χ1n) is 9.26. The zero-order chi connectivity index (χ0) is 18.3. The average Bonchev–Trinajstić information content (AvgIpc) is 3.40. The lowest BCUT2D eigenvalue weighted by Gasteiger charge is -2.31. The Bertz CT molecular complexity index is 882. The summed E-state index contributed by atoms with van der Waals surface area (Å²) in [4.78, 5) is 42.7. The van der Waals surface area contributed by atoms with Crippen molar-refractivity contribution in [1.82, 2.24) is 15.2 Å². The predicted molar refractivity (Wildman–Crippen MR) is 97.8 cm³/mol. The van der Waals surface area contributed by atoms with Gasteiger partial charge in [0.1, 0.15) is 0 Å². The number of likely N-dealkylation sites (tertiary alicyclic amines) is 1. The maximum atomic E-state index is 12.9. The number of aromatic amines is 1. The van der Waals surface area contributed by atoms with Gasteiger partial charge in [0, 0.05) is 35.7 Å². The minimum Gasteiger partial charge on any atom is -0.358 e. The second-order valence-electron chi connectivity index (χ2n) is 7.37. The van der Waals surface area contributed by atoms with Crippen LogP contribution in [0.15, 0.2) is 24.3 Å². The van der Waals surface area contributed by atoms with Crippen molar-refractivity contribution in [2.75, 3.05) is 13.1 Å². The lowest BCUT2D eigenvalue weighted by atomic mass is 9.96. The highest BCUT2D eigenvalue weighted by Gasteiger charge is 2.34. The fourth-order valence-electron chi connectivity index (χ4n) is 3.74. The van der Waals surface area contributed by atoms with E-state index in [1.165, 1.54) is 0 Å². The second kappa shape index (κ2) is 6.59. The molecule has 6 heteroatoms. The highest BCUT2D eigenvalue weighted by molar-refractivity contribution is 6.45. The van der Waals surface area contributed by atoms with Gasteiger partial charge in [-0.2, -0.15) is 0 Å². The molecule has 26 heavy (non-hydrogen) atoms. The first-order valence-corrected chi connectivity index (χ1v) is 9.26. The Labute approximate surface area is 151 Å². The van der Waals surface area contributed by atoms with Crippen LogP contribution in [0.2, 0.25) is 0 Å². The number of nitrogens with zero attached hydrogens (tertiary/aromatic N) is 1. The van der Waals surface area contributed by atoms with Crippen molar-refractivity contribution in [3.8, 4) is 0 Å². The first kappa shape index (κ1) is 16.8. The number of amides is 2. The van der Waals surface area contributed by atoms with Gasteiger partial charge in [0.25, 0.3) is 11.7 Å². The zero-order valence-electron chi connectivity index (χ0n) is 14.9. The number of carbonyl (C=O) groups is 3. The Kier molecular flexibility index (Phi) is 4.26. The molecule has 0 bridgehead atoms. The van der Waals surface area contributed by atoms with E-state index in [1.807, 2.05) is 31.2 Å². The molecule has 1 saturated carbocycles. The van der Waals surface area contributed by atoms with E-state index in [0.717, 1.165) is 36.6 Å². The fraction of sp³-hybridized carbons (Fsp3) is 0.450. The number of carbonyl (C=O) groups excluding carboxylic acids is 3. The normalized spacial score (nSPS) is 20.2. The number of piperidine rings is 1. The molecule has 2 N–H and O–H groups in total. The highest BCUT2D eigenvalue weighted by atomic mass is 16.2. The van der Waals surface area contributed by atoms with Crippen LogP contribution in [0, 0.1) is 12.8 Å². The quantitative estimate of drug-likeness (QED) is 0.653. The molecular weight excluding hydrogens is 330 g/mol. The summed E-state index contributed by atoms with van der Waals surface area (Å²) < 4.78 is 0. The zero-order valence-corrected chi connectivity index (χ0v) is 14.9. The van der Waals surface area contributed by atoms with Crippen LogP contribution in [-0.4, -0.2) is 46.6 Å². The third-order valence-electron chi connectivity index (χ3n) is 5.32. The molecule has 1 aliphatic heterocycles. The third-order valence-corrected chi connectivity index (χ3v) is 5.32. The molecule has 1 atom stereocenters. The molecule has 6 nitrogen and oxygen atoms in total. The first-order chi connectivity index (χ1) is 12.5. The Hall–Kier alpha value is -2.63. The number of rotatable bonds is 4. The van der Waals surface area contributed by atoms with Crippen LogP contribution in [0.25, 0.3) is 10.9 Å². The number of hydrogen-bond donors (Lipinski definition) is 2. The minimum atomic E-state index is -0.512. The van der Waals surface area contributed by atoms with Crippen molar-refractivity contribution in [3.63, 3.8) is 0 Å². The summed E-state index contributed by atoms with van der Waals surface area (Å²) in [6.45, 7) is 2.66. The van der Waals surface area contributed by atoms with Crippen molar-refractivity contribution in [1.29, 1.82) is 0 Å². The highest BCUT2D eigenvalue weighted by Crippen LogP contribution is 2.25. The van der Waals surface area contributed by atoms with Gasteiger partial charge in [-0.25, -0.2) is 0 Å². The van der Waals surface area contributed by atoms with Crippen LogP contribution in [0.5, 0.6) is 0 Å². The Morgan fingerprint density at radius 1 is 1.15 bits per heavy atom. The average molecular weight is 353 g/mol. The monoisotopic (exact) mass is 353 g/mol. The molecule has 1 aliphatic carbocycles. The van der Waals surface area contributed by atoms with Gasteiger partial charge < -0.3 is 15.2 Å². The number of benzene rings is 1. The van der Waals surface area contributed by atoms with Crippen LogP contribution < -0.4 is 5.32 Å². The van der Waals surface area contributed by atoms with Crippen molar-refractivity contribution < 1.29 is 14.4 Å². The number of fused-ring (bicyclic) bond motifs is 1. The number of nitrogens with one attached hydrogen (secondary N) is 2. The molecule has 0 radical (unpaired) electrons. The van der Waals surface area contributed by atoms with Gasteiger partial charge in [-0.05, 0) is 38.7 Å². The minimum absolute atomic E-state index is 0.0146. The van der Waals surface area contributed by atoms with Gasteiger partial charge in [-0.1, -0.05) is 18.2 Å². The molecule has 0 spiro atoms. The number of aromatic nitrogens is 1. The van der Waals surface area contributed by atoms with E-state index in [-0.39, 0.29) is 11.8 Å². The molecule has 2 fully saturated rings. The number of H-pyrrole nitrogens is 1. The van der Waals surface area contributed by atoms with E-state index in [2.05, 4.69) is 10.3 Å². The largest absolute Gasteiger partial charge is 0.358 e. The van der Waals surface area contributed by atoms with E-state index in [9.17, 15) is 14.4 Å². The van der Waals surface area contributed by atoms with E-state index >= 15 is 0 Å². The second-order valence-corrected chi connectivity index (χ2v) is 7.37. The predicted octanol–water partition coefficient (Wildman–Crippen LogP) is 2.18. The molecule has 1 aromatic carbocycles. The molecule has 2 heterocycles. The van der Waals surface area contributed by atoms with Gasteiger partial charge in [0.15, 0.2) is 0 Å². The van der Waals surface area contributed by atoms with E-state index < -0.39 is 11.7 Å². The van der Waals surface area contributed by atoms with Crippen LogP contribution in [0.3, 0.4) is 0 Å². The van der Waals surface area contributed by atoms with Gasteiger partial charge in [0.2, 0.25) is 5.91 Å². The van der Waals surface area contributed by atoms with Crippen molar-refractivity contribution in [2.45, 2.75) is 38.6 Å². The number of para-hydroxylation sites is 1. The topological polar surface area (TPSA) is 82.3 Å². The van der Waals surface area contributed by atoms with Crippen molar-refractivity contribution in [3.05, 3.63) is 35.5 Å². The van der Waals surface area contributed by atoms with Crippen LogP contribution in [-0.2, 0) is 9.59 Å². The Morgan fingerprint density at radius 3 is 2.69 bits per heavy atom. The molecular formula is C20H23N3O3. The molecule has 0 unspecified atom stereocenters. The lowest BCUT2D eigenvalue weighted by molar-refractivity contribution is -0.132. The molecule has 2 aromatic rings. The summed E-state index contributed by atoms with van der Waals surface area (Å²) in [7, 11) is 0. The lowest BCUT2D eigenvalue weighted by Crippen LogP contribution is -2.47. The summed E-state index contributed by atoms with van der Waals surface area (Å²) in [5.41, 5.74) is 1.99. The number of Topliss-reactive ketones (excluding diaryl/α,β-unsaturated/α-hetero) is 1. The van der Waals surface area contributed by atoms with Crippen LogP contribution >= 0.6 is 0 Å². The van der Waals surface area contributed by atoms with Gasteiger partial charge in [-0.3, -0.25) is 14.4 Å². The number of aryl methyl sites for hydroxylation is 1. The molecule has 136 valence electrons.